The highest BCUT2D eigenvalue weighted by molar-refractivity contribution is 6.30. The molecule has 3 aromatic rings. The Morgan fingerprint density at radius 1 is 1.17 bits per heavy atom. The van der Waals surface area contributed by atoms with E-state index < -0.39 is 43.1 Å². The monoisotopic (exact) mass is 517 g/mol. The van der Waals surface area contributed by atoms with Gasteiger partial charge in [0.05, 0.1) is 24.2 Å². The highest BCUT2D eigenvalue weighted by Crippen LogP contribution is 2.27. The molecule has 1 aromatic heterocycles. The Balaban J connectivity index is 1.58. The Labute approximate surface area is 209 Å². The largest absolute Gasteiger partial charge is 0.478 e. The summed E-state index contributed by atoms with van der Waals surface area (Å²) in [6.07, 6.45) is -0.457. The first-order valence-corrected chi connectivity index (χ1v) is 11.4. The molecular formula is C25H22ClF2N3O5. The number of benzene rings is 2. The number of ketones is 1. The smallest absolute Gasteiger partial charge is 0.335 e. The zero-order valence-electron chi connectivity index (χ0n) is 19.2. The van der Waals surface area contributed by atoms with Gasteiger partial charge in [0.1, 0.15) is 18.8 Å². The van der Waals surface area contributed by atoms with Crippen LogP contribution in [0.2, 0.25) is 5.02 Å². The number of likely N-dealkylation sites (tertiary alicyclic amines) is 1. The van der Waals surface area contributed by atoms with Crippen LogP contribution in [0.1, 0.15) is 39.6 Å². The lowest BCUT2D eigenvalue weighted by molar-refractivity contribution is -0.156. The maximum atomic E-state index is 14.8. The molecule has 36 heavy (non-hydrogen) atoms. The lowest BCUT2D eigenvalue weighted by Crippen LogP contribution is -2.46. The van der Waals surface area contributed by atoms with Crippen molar-refractivity contribution in [3.05, 3.63) is 70.4 Å². The van der Waals surface area contributed by atoms with Gasteiger partial charge in [-0.05, 0) is 36.8 Å². The summed E-state index contributed by atoms with van der Waals surface area (Å²) in [5.74, 6) is -3.20. The van der Waals surface area contributed by atoms with Gasteiger partial charge in [0.2, 0.25) is 5.91 Å². The molecule has 0 radical (unpaired) electrons. The van der Waals surface area contributed by atoms with Crippen LogP contribution in [0.4, 0.5) is 8.87 Å². The summed E-state index contributed by atoms with van der Waals surface area (Å²) >= 11 is 5.90. The molecule has 2 amide bonds. The van der Waals surface area contributed by atoms with Gasteiger partial charge in [-0.2, -0.15) is 5.12 Å². The summed E-state index contributed by atoms with van der Waals surface area (Å²) in [6, 6.07) is 9.09. The number of aromatic nitrogens is 1. The normalized spacial score (nSPS) is 17.4. The van der Waals surface area contributed by atoms with Gasteiger partial charge in [0.15, 0.2) is 5.78 Å². The first kappa shape index (κ1) is 25.3. The fraction of sp³-hybridized carbons (Fsp3) is 0.280. The molecule has 2 aromatic carbocycles. The number of carbonyl (C=O) groups excluding carboxylic acids is 3. The molecule has 0 saturated carbocycles. The Morgan fingerprint density at radius 2 is 1.92 bits per heavy atom. The first-order valence-electron chi connectivity index (χ1n) is 11.1. The number of aromatic carboxylic acids is 1. The molecule has 0 bridgehead atoms. The van der Waals surface area contributed by atoms with Crippen molar-refractivity contribution in [2.24, 2.45) is 0 Å². The number of carboxylic acids is 1. The molecular weight excluding hydrogens is 496 g/mol. The molecule has 0 unspecified atom stereocenters. The number of alkyl halides is 1. The molecule has 8 nitrogen and oxygen atoms in total. The van der Waals surface area contributed by atoms with Crippen LogP contribution in [-0.2, 0) is 22.7 Å². The number of amides is 2. The molecule has 0 spiro atoms. The van der Waals surface area contributed by atoms with Crippen molar-refractivity contribution >= 4 is 46.1 Å². The number of carbonyl (C=O) groups is 4. The van der Waals surface area contributed by atoms with Crippen LogP contribution in [-0.4, -0.2) is 62.0 Å². The van der Waals surface area contributed by atoms with Crippen molar-refractivity contribution in [2.75, 3.05) is 6.54 Å². The van der Waals surface area contributed by atoms with Gasteiger partial charge < -0.3 is 14.6 Å². The highest BCUT2D eigenvalue weighted by Gasteiger charge is 2.42. The molecule has 4 rings (SSSR count). The van der Waals surface area contributed by atoms with Gasteiger partial charge in [-0.15, -0.1) is 0 Å². The average Bonchev–Trinajstić information content (AvgIpc) is 3.39. The fourth-order valence-electron chi connectivity index (χ4n) is 4.40. The van der Waals surface area contributed by atoms with Crippen molar-refractivity contribution < 1.29 is 33.2 Å². The number of hydrogen-bond acceptors (Lipinski definition) is 4. The fourth-order valence-corrected chi connectivity index (χ4v) is 4.62. The van der Waals surface area contributed by atoms with E-state index in [-0.39, 0.29) is 35.0 Å². The zero-order chi connectivity index (χ0) is 26.1. The van der Waals surface area contributed by atoms with E-state index in [1.54, 1.807) is 18.2 Å². The highest BCUT2D eigenvalue weighted by atomic mass is 35.5. The van der Waals surface area contributed by atoms with E-state index >= 15 is 0 Å². The van der Waals surface area contributed by atoms with E-state index in [0.717, 1.165) is 4.90 Å². The predicted molar refractivity (Wildman–Crippen MR) is 127 cm³/mol. The van der Waals surface area contributed by atoms with Crippen molar-refractivity contribution in [1.29, 1.82) is 0 Å². The number of rotatable bonds is 7. The molecule has 11 heteroatoms. The van der Waals surface area contributed by atoms with Gasteiger partial charge in [-0.1, -0.05) is 34.3 Å². The van der Waals surface area contributed by atoms with E-state index in [1.807, 2.05) is 0 Å². The Morgan fingerprint density at radius 3 is 2.58 bits per heavy atom. The summed E-state index contributed by atoms with van der Waals surface area (Å²) in [6.45, 7) is 0.130. The molecule has 1 aliphatic rings. The van der Waals surface area contributed by atoms with E-state index in [9.17, 15) is 33.2 Å². The van der Waals surface area contributed by atoms with Gasteiger partial charge in [-0.25, -0.2) is 9.18 Å². The number of halogens is 3. The minimum atomic E-state index is -1.52. The second kappa shape index (κ2) is 10.1. The van der Waals surface area contributed by atoms with E-state index in [4.69, 9.17) is 11.6 Å². The van der Waals surface area contributed by atoms with Crippen molar-refractivity contribution in [2.45, 2.75) is 38.6 Å². The quantitative estimate of drug-likeness (QED) is 0.376. The Hall–Kier alpha value is -3.79. The topological polar surface area (TPSA) is 99.9 Å². The van der Waals surface area contributed by atoms with Crippen molar-refractivity contribution in [3.8, 4) is 0 Å². The molecule has 1 saturated heterocycles. The third-order valence-corrected chi connectivity index (χ3v) is 6.35. The Bertz CT molecular complexity index is 1370. The summed E-state index contributed by atoms with van der Waals surface area (Å²) in [7, 11) is 0. The maximum absolute atomic E-state index is 14.8. The lowest BCUT2D eigenvalue weighted by atomic mass is 10.1. The average molecular weight is 518 g/mol. The van der Waals surface area contributed by atoms with Crippen LogP contribution < -0.4 is 0 Å². The van der Waals surface area contributed by atoms with Crippen LogP contribution in [0.5, 0.6) is 0 Å². The number of fused-ring (bicyclic) bond motifs is 1. The molecule has 0 aliphatic carbocycles. The zero-order valence-corrected chi connectivity index (χ0v) is 19.9. The summed E-state index contributed by atoms with van der Waals surface area (Å²) < 4.78 is 30.5. The summed E-state index contributed by atoms with van der Waals surface area (Å²) in [4.78, 5) is 50.5. The molecule has 2 atom stereocenters. The lowest BCUT2D eigenvalue weighted by Gasteiger charge is -2.26. The van der Waals surface area contributed by atoms with Crippen LogP contribution >= 0.6 is 11.6 Å². The van der Waals surface area contributed by atoms with E-state index in [2.05, 4.69) is 0 Å². The summed E-state index contributed by atoms with van der Waals surface area (Å²) in [5, 5.41) is 10.1. The van der Waals surface area contributed by atoms with E-state index in [1.165, 1.54) is 42.0 Å². The number of Topliss-reactive ketones (excluding diaryl/α,β-unsaturated/α-hetero) is 1. The van der Waals surface area contributed by atoms with Gasteiger partial charge in [-0.3, -0.25) is 14.4 Å². The third kappa shape index (κ3) is 5.08. The van der Waals surface area contributed by atoms with Crippen LogP contribution in [0.15, 0.2) is 48.7 Å². The Kier molecular flexibility index (Phi) is 7.07. The molecule has 1 aliphatic heterocycles. The maximum Gasteiger partial charge on any atom is 0.335 e. The first-order chi connectivity index (χ1) is 17.0. The van der Waals surface area contributed by atoms with E-state index in [0.29, 0.717) is 21.5 Å². The van der Waals surface area contributed by atoms with Crippen molar-refractivity contribution in [1.82, 2.24) is 14.6 Å². The predicted octanol–water partition coefficient (Wildman–Crippen LogP) is 4.05. The summed E-state index contributed by atoms with van der Waals surface area (Å²) in [5.41, 5.74) is 0.983. The number of nitrogens with zero attached hydrogens (tertiary/aromatic N) is 3. The molecule has 1 N–H and O–H groups in total. The number of hydrogen-bond donors (Lipinski definition) is 1. The van der Waals surface area contributed by atoms with Crippen LogP contribution in [0.25, 0.3) is 10.9 Å². The molecule has 188 valence electrons. The van der Waals surface area contributed by atoms with Crippen molar-refractivity contribution in [3.63, 3.8) is 0 Å². The van der Waals surface area contributed by atoms with Gasteiger partial charge >= 0.3 is 5.97 Å². The van der Waals surface area contributed by atoms with Crippen LogP contribution in [0.3, 0.4) is 0 Å². The number of carboxylic acid groups (broad SMARTS) is 1. The van der Waals surface area contributed by atoms with Gasteiger partial charge in [0, 0.05) is 28.6 Å². The standard InChI is InChI=1S/C25H22ClF2N3O5/c1-14(32)20-12-29(21-8-16(25(35)36)5-6-19(20)21)13-23(33)30-11-18(27)9-22(30)24(34)31(28)10-15-3-2-4-17(26)7-15/h2-8,12,18,22H,9-11,13H2,1H3,(H,35,36)/t18-,22+/m1/s1. The van der Waals surface area contributed by atoms with Crippen LogP contribution in [0, 0.1) is 0 Å². The SMILES string of the molecule is CC(=O)c1cn(CC(=O)N2C[C@H](F)C[C@H]2C(=O)N(F)Cc2cccc(Cl)c2)c2cc(C(=O)O)ccc12. The van der Waals surface area contributed by atoms with Gasteiger partial charge in [0.25, 0.3) is 5.91 Å². The molecule has 1 fully saturated rings. The molecule has 2 heterocycles. The minimum Gasteiger partial charge on any atom is -0.478 e. The second-order valence-electron chi connectivity index (χ2n) is 8.65. The second-order valence-corrected chi connectivity index (χ2v) is 9.08. The third-order valence-electron chi connectivity index (χ3n) is 6.12. The minimum absolute atomic E-state index is 0.0449.